The Kier molecular flexibility index (Phi) is 7.35. The van der Waals surface area contributed by atoms with Gasteiger partial charge in [-0.05, 0) is 31.2 Å². The number of aryl methyl sites for hydroxylation is 1. The van der Waals surface area contributed by atoms with Crippen molar-refractivity contribution in [3.05, 3.63) is 54.4 Å². The van der Waals surface area contributed by atoms with Crippen LogP contribution in [0.2, 0.25) is 0 Å². The first-order valence-electron chi connectivity index (χ1n) is 7.22. The second-order valence-corrected chi connectivity index (χ2v) is 5.30. The van der Waals surface area contributed by atoms with Crippen LogP contribution in [0.3, 0.4) is 0 Å². The molecule has 3 N–H and O–H groups in total. The predicted molar refractivity (Wildman–Crippen MR) is 101 cm³/mol. The van der Waals surface area contributed by atoms with Gasteiger partial charge < -0.3 is 20.1 Å². The molecule has 0 amide bonds. The summed E-state index contributed by atoms with van der Waals surface area (Å²) in [5, 5.41) is 10.2. The van der Waals surface area contributed by atoms with Crippen LogP contribution in [0, 0.1) is 6.92 Å². The van der Waals surface area contributed by atoms with Gasteiger partial charge in [0.2, 0.25) is 0 Å². The number of halogens is 2. The van der Waals surface area contributed by atoms with E-state index in [9.17, 15) is 5.11 Å². The van der Waals surface area contributed by atoms with Crippen molar-refractivity contribution in [2.24, 2.45) is 0 Å². The van der Waals surface area contributed by atoms with Crippen molar-refractivity contribution in [3.63, 3.8) is 0 Å². The van der Waals surface area contributed by atoms with Gasteiger partial charge in [0.1, 0.15) is 24.3 Å². The Labute approximate surface area is 153 Å². The summed E-state index contributed by atoms with van der Waals surface area (Å²) < 4.78 is 7.59. The van der Waals surface area contributed by atoms with Crippen LogP contribution in [0.25, 0.3) is 11.0 Å². The number of hydrogen-bond acceptors (Lipinski definition) is 4. The lowest BCUT2D eigenvalue weighted by atomic mass is 10.3. The Hall–Kier alpha value is -1.95. The second kappa shape index (κ2) is 8.78. The number of benzene rings is 2. The van der Waals surface area contributed by atoms with E-state index in [1.54, 1.807) is 12.1 Å². The Bertz CT molecular complexity index is 792. The number of para-hydroxylation sites is 2. The number of ether oxygens (including phenoxy) is 1. The lowest BCUT2D eigenvalue weighted by Gasteiger charge is -2.15. The first-order valence-corrected chi connectivity index (χ1v) is 7.22. The third kappa shape index (κ3) is 4.54. The molecule has 0 aliphatic heterocycles. The summed E-state index contributed by atoms with van der Waals surface area (Å²) in [6.45, 7) is 2.58. The zero-order valence-electron chi connectivity index (χ0n) is 13.3. The van der Waals surface area contributed by atoms with E-state index < -0.39 is 6.10 Å². The van der Waals surface area contributed by atoms with Gasteiger partial charge in [-0.2, -0.15) is 0 Å². The quantitative estimate of drug-likeness (QED) is 0.677. The van der Waals surface area contributed by atoms with E-state index in [1.165, 1.54) is 0 Å². The fraction of sp³-hybridized carbons (Fsp3) is 0.235. The zero-order valence-corrected chi connectivity index (χ0v) is 14.9. The number of nitrogens with two attached hydrogens (primary N) is 1. The van der Waals surface area contributed by atoms with Crippen molar-refractivity contribution in [1.29, 1.82) is 0 Å². The molecule has 5 nitrogen and oxygen atoms in total. The van der Waals surface area contributed by atoms with Gasteiger partial charge in [0, 0.05) is 11.8 Å². The molecule has 0 bridgehead atoms. The van der Waals surface area contributed by atoms with E-state index >= 15 is 0 Å². The Morgan fingerprint density at radius 3 is 2.67 bits per heavy atom. The van der Waals surface area contributed by atoms with Gasteiger partial charge in [-0.1, -0.05) is 18.2 Å². The summed E-state index contributed by atoms with van der Waals surface area (Å²) in [5.74, 6) is 1.54. The highest BCUT2D eigenvalue weighted by Gasteiger charge is 2.12. The van der Waals surface area contributed by atoms with Crippen molar-refractivity contribution in [2.45, 2.75) is 19.6 Å². The molecule has 7 heteroatoms. The van der Waals surface area contributed by atoms with E-state index in [2.05, 4.69) is 4.98 Å². The number of anilines is 1. The molecular formula is C17H21Cl2N3O2. The number of nitrogen functional groups attached to an aromatic ring is 1. The van der Waals surface area contributed by atoms with Crippen molar-refractivity contribution in [3.8, 4) is 5.75 Å². The van der Waals surface area contributed by atoms with Crippen LogP contribution in [-0.4, -0.2) is 27.4 Å². The van der Waals surface area contributed by atoms with Crippen LogP contribution in [0.4, 0.5) is 5.69 Å². The second-order valence-electron chi connectivity index (χ2n) is 5.30. The molecular weight excluding hydrogens is 349 g/mol. The molecule has 0 radical (unpaired) electrons. The SMILES string of the molecule is Cc1nc2ccccc2n1CC(O)COc1cccc(N)c1.Cl.Cl. The molecule has 2 aromatic carbocycles. The molecule has 3 rings (SSSR count). The summed E-state index contributed by atoms with van der Waals surface area (Å²) in [5.41, 5.74) is 8.29. The van der Waals surface area contributed by atoms with Crippen LogP contribution in [0.5, 0.6) is 5.75 Å². The summed E-state index contributed by atoms with van der Waals surface area (Å²) >= 11 is 0. The average Bonchev–Trinajstić information content (AvgIpc) is 2.81. The number of aromatic nitrogens is 2. The standard InChI is InChI=1S/C17H19N3O2.2ClH/c1-12-19-16-7-2-3-8-17(16)20(12)10-14(21)11-22-15-6-4-5-13(18)9-15;;/h2-9,14,21H,10-11,18H2,1H3;2*1H. The van der Waals surface area contributed by atoms with E-state index in [-0.39, 0.29) is 31.4 Å². The summed E-state index contributed by atoms with van der Waals surface area (Å²) in [6.07, 6.45) is -0.627. The molecule has 1 aromatic heterocycles. The number of aliphatic hydroxyl groups is 1. The highest BCUT2D eigenvalue weighted by Crippen LogP contribution is 2.17. The Morgan fingerprint density at radius 2 is 1.92 bits per heavy atom. The topological polar surface area (TPSA) is 73.3 Å². The van der Waals surface area contributed by atoms with E-state index in [0.717, 1.165) is 16.9 Å². The van der Waals surface area contributed by atoms with Crippen LogP contribution >= 0.6 is 24.8 Å². The van der Waals surface area contributed by atoms with Gasteiger partial charge >= 0.3 is 0 Å². The fourth-order valence-electron chi connectivity index (χ4n) is 2.49. The van der Waals surface area contributed by atoms with Gasteiger partial charge in [-0.25, -0.2) is 4.98 Å². The minimum absolute atomic E-state index is 0. The molecule has 0 aliphatic carbocycles. The monoisotopic (exact) mass is 369 g/mol. The van der Waals surface area contributed by atoms with Crippen molar-refractivity contribution < 1.29 is 9.84 Å². The Balaban J connectivity index is 0.00000144. The van der Waals surface area contributed by atoms with Gasteiger partial charge in [-0.15, -0.1) is 24.8 Å². The highest BCUT2D eigenvalue weighted by molar-refractivity contribution is 5.85. The molecule has 1 unspecified atom stereocenters. The maximum atomic E-state index is 10.2. The third-order valence-corrected chi connectivity index (χ3v) is 3.54. The molecule has 0 aliphatic rings. The fourth-order valence-corrected chi connectivity index (χ4v) is 2.49. The number of hydrogen-bond donors (Lipinski definition) is 2. The number of nitrogens with zero attached hydrogens (tertiary/aromatic N) is 2. The molecule has 24 heavy (non-hydrogen) atoms. The maximum absolute atomic E-state index is 10.2. The predicted octanol–water partition coefficient (Wildman–Crippen LogP) is 3.21. The smallest absolute Gasteiger partial charge is 0.121 e. The first kappa shape index (κ1) is 20.1. The molecule has 1 heterocycles. The first-order chi connectivity index (χ1) is 10.6. The number of imidazole rings is 1. The molecule has 0 spiro atoms. The van der Waals surface area contributed by atoms with E-state index in [4.69, 9.17) is 10.5 Å². The average molecular weight is 370 g/mol. The molecule has 0 saturated heterocycles. The maximum Gasteiger partial charge on any atom is 0.121 e. The lowest BCUT2D eigenvalue weighted by molar-refractivity contribution is 0.0929. The number of fused-ring (bicyclic) bond motifs is 1. The van der Waals surface area contributed by atoms with Gasteiger partial charge in [0.05, 0.1) is 17.6 Å². The molecule has 0 fully saturated rings. The largest absolute Gasteiger partial charge is 0.491 e. The van der Waals surface area contributed by atoms with E-state index in [0.29, 0.717) is 18.0 Å². The zero-order chi connectivity index (χ0) is 15.5. The van der Waals surface area contributed by atoms with Gasteiger partial charge in [0.25, 0.3) is 0 Å². The third-order valence-electron chi connectivity index (χ3n) is 3.54. The molecule has 0 saturated carbocycles. The summed E-state index contributed by atoms with van der Waals surface area (Å²) in [7, 11) is 0. The van der Waals surface area contributed by atoms with Gasteiger partial charge in [-0.3, -0.25) is 0 Å². The van der Waals surface area contributed by atoms with Crippen molar-refractivity contribution in [2.75, 3.05) is 12.3 Å². The van der Waals surface area contributed by atoms with Crippen LogP contribution < -0.4 is 10.5 Å². The summed E-state index contributed by atoms with van der Waals surface area (Å²) in [4.78, 5) is 4.49. The molecule has 3 aromatic rings. The number of rotatable bonds is 5. The molecule has 130 valence electrons. The lowest BCUT2D eigenvalue weighted by Crippen LogP contribution is -2.24. The normalized spacial score (nSPS) is 11.4. The number of aliphatic hydroxyl groups excluding tert-OH is 1. The molecule has 1 atom stereocenters. The van der Waals surface area contributed by atoms with Gasteiger partial charge in [0.15, 0.2) is 0 Å². The minimum Gasteiger partial charge on any atom is -0.491 e. The van der Waals surface area contributed by atoms with Crippen LogP contribution in [-0.2, 0) is 6.54 Å². The minimum atomic E-state index is -0.627. The highest BCUT2D eigenvalue weighted by atomic mass is 35.5. The van der Waals surface area contributed by atoms with Crippen molar-refractivity contribution in [1.82, 2.24) is 9.55 Å². The van der Waals surface area contributed by atoms with Crippen molar-refractivity contribution >= 4 is 41.5 Å². The Morgan fingerprint density at radius 1 is 1.17 bits per heavy atom. The van der Waals surface area contributed by atoms with Crippen LogP contribution in [0.1, 0.15) is 5.82 Å². The van der Waals surface area contributed by atoms with Crippen LogP contribution in [0.15, 0.2) is 48.5 Å². The van der Waals surface area contributed by atoms with E-state index in [1.807, 2.05) is 47.9 Å². The summed E-state index contributed by atoms with van der Waals surface area (Å²) in [6, 6.07) is 15.1.